The summed E-state index contributed by atoms with van der Waals surface area (Å²) in [7, 11) is -3.50. The van der Waals surface area contributed by atoms with Gasteiger partial charge in [-0.3, -0.25) is 5.10 Å². The lowest BCUT2D eigenvalue weighted by molar-refractivity contribution is 0.139. The molecule has 1 heterocycles. The van der Waals surface area contributed by atoms with Gasteiger partial charge in [-0.1, -0.05) is 76.3 Å². The number of amides is 1. The SMILES string of the molecule is CCN(CC)CCCS(=O)(=O)N[C@H](CCC1CCCCC1)c1n[nH]c(CNC(=O)OCc2ccccc2)n1. The maximum Gasteiger partial charge on any atom is 0.407 e. The van der Waals surface area contributed by atoms with E-state index in [1.54, 1.807) is 0 Å². The van der Waals surface area contributed by atoms with Gasteiger partial charge in [-0.25, -0.2) is 22.9 Å². The van der Waals surface area contributed by atoms with E-state index in [-0.39, 0.29) is 18.9 Å². The van der Waals surface area contributed by atoms with E-state index in [0.717, 1.165) is 31.6 Å². The Labute approximate surface area is 227 Å². The average Bonchev–Trinajstić information content (AvgIpc) is 3.41. The fourth-order valence-electron chi connectivity index (χ4n) is 4.89. The van der Waals surface area contributed by atoms with E-state index >= 15 is 0 Å². The summed E-state index contributed by atoms with van der Waals surface area (Å²) in [5, 5.41) is 9.81. The van der Waals surface area contributed by atoms with Gasteiger partial charge in [0.15, 0.2) is 5.82 Å². The number of hydrogen-bond donors (Lipinski definition) is 3. The third-order valence-corrected chi connectivity index (χ3v) is 8.64. The van der Waals surface area contributed by atoms with Gasteiger partial charge in [0.2, 0.25) is 10.0 Å². The van der Waals surface area contributed by atoms with Crippen LogP contribution < -0.4 is 10.0 Å². The smallest absolute Gasteiger partial charge is 0.407 e. The van der Waals surface area contributed by atoms with Crippen molar-refractivity contribution < 1.29 is 17.9 Å². The Morgan fingerprint density at radius 2 is 1.89 bits per heavy atom. The maximum absolute atomic E-state index is 13.0. The first kappa shape index (κ1) is 30.0. The highest BCUT2D eigenvalue weighted by molar-refractivity contribution is 7.89. The first-order valence-electron chi connectivity index (χ1n) is 14.0. The van der Waals surface area contributed by atoms with Gasteiger partial charge in [-0.05, 0) is 50.4 Å². The van der Waals surface area contributed by atoms with Crippen LogP contribution in [0.4, 0.5) is 4.79 Å². The molecule has 10 nitrogen and oxygen atoms in total. The molecule has 2 aromatic rings. The lowest BCUT2D eigenvalue weighted by Gasteiger charge is -2.24. The largest absolute Gasteiger partial charge is 0.445 e. The summed E-state index contributed by atoms with van der Waals surface area (Å²) in [6, 6.07) is 8.93. The molecule has 0 spiro atoms. The molecule has 1 amide bonds. The van der Waals surface area contributed by atoms with Crippen molar-refractivity contribution in [2.75, 3.05) is 25.4 Å². The molecule has 1 saturated carbocycles. The van der Waals surface area contributed by atoms with Crippen LogP contribution in [-0.4, -0.2) is 60.0 Å². The predicted molar refractivity (Wildman–Crippen MR) is 148 cm³/mol. The van der Waals surface area contributed by atoms with Crippen molar-refractivity contribution in [2.45, 2.75) is 84.4 Å². The molecule has 1 aromatic heterocycles. The zero-order valence-electron chi connectivity index (χ0n) is 22.8. The molecule has 1 aliphatic carbocycles. The number of rotatable bonds is 16. The summed E-state index contributed by atoms with van der Waals surface area (Å²) in [6.07, 6.45) is 7.73. The highest BCUT2D eigenvalue weighted by atomic mass is 32.2. The molecule has 3 N–H and O–H groups in total. The third kappa shape index (κ3) is 10.7. The van der Waals surface area contributed by atoms with Gasteiger partial charge in [0.05, 0.1) is 18.3 Å². The fraction of sp³-hybridized carbons (Fsp3) is 0.667. The number of H-pyrrole nitrogens is 1. The van der Waals surface area contributed by atoms with E-state index in [1.807, 2.05) is 30.3 Å². The van der Waals surface area contributed by atoms with Gasteiger partial charge in [-0.15, -0.1) is 0 Å². The zero-order valence-corrected chi connectivity index (χ0v) is 23.6. The second-order valence-corrected chi connectivity index (χ2v) is 11.9. The second-order valence-electron chi connectivity index (χ2n) is 10.0. The van der Waals surface area contributed by atoms with Crippen LogP contribution in [0.5, 0.6) is 0 Å². The number of carbonyl (C=O) groups is 1. The van der Waals surface area contributed by atoms with Crippen LogP contribution in [0.15, 0.2) is 30.3 Å². The van der Waals surface area contributed by atoms with Crippen LogP contribution in [0.3, 0.4) is 0 Å². The highest BCUT2D eigenvalue weighted by Crippen LogP contribution is 2.30. The first-order valence-corrected chi connectivity index (χ1v) is 15.6. The van der Waals surface area contributed by atoms with Gasteiger partial charge in [0.1, 0.15) is 12.4 Å². The molecule has 0 radical (unpaired) electrons. The quantitative estimate of drug-likeness (QED) is 0.285. The van der Waals surface area contributed by atoms with Crippen molar-refractivity contribution >= 4 is 16.1 Å². The van der Waals surface area contributed by atoms with E-state index in [1.165, 1.54) is 32.1 Å². The normalized spacial score (nSPS) is 15.4. The highest BCUT2D eigenvalue weighted by Gasteiger charge is 2.25. The molecule has 0 saturated heterocycles. The van der Waals surface area contributed by atoms with Gasteiger partial charge in [-0.2, -0.15) is 5.10 Å². The van der Waals surface area contributed by atoms with Crippen molar-refractivity contribution in [3.05, 3.63) is 47.5 Å². The molecular weight excluding hydrogens is 504 g/mol. The van der Waals surface area contributed by atoms with Gasteiger partial charge < -0.3 is 15.0 Å². The fourth-order valence-corrected chi connectivity index (χ4v) is 6.17. The van der Waals surface area contributed by atoms with Crippen molar-refractivity contribution in [2.24, 2.45) is 5.92 Å². The van der Waals surface area contributed by atoms with Gasteiger partial charge in [0, 0.05) is 0 Å². The molecule has 11 heteroatoms. The number of aromatic amines is 1. The number of ether oxygens (including phenoxy) is 1. The van der Waals surface area contributed by atoms with E-state index in [2.05, 4.69) is 44.0 Å². The van der Waals surface area contributed by atoms with E-state index < -0.39 is 22.2 Å². The Hall–Kier alpha value is -2.50. The number of nitrogens with one attached hydrogen (secondary N) is 3. The summed E-state index contributed by atoms with van der Waals surface area (Å²) in [4.78, 5) is 18.8. The standard InChI is InChI=1S/C27H44N6O4S/c1-3-33(4-2)18-11-19-38(35,36)32-24(17-16-22-12-7-5-8-13-22)26-29-25(30-31-26)20-28-27(34)37-21-23-14-9-6-10-15-23/h6,9-10,14-15,22,24,32H,3-5,7-8,11-13,16-21H2,1-2H3,(H,28,34)(H,29,30,31)/t24-/m1/s1. The average molecular weight is 549 g/mol. The molecule has 0 aliphatic heterocycles. The minimum Gasteiger partial charge on any atom is -0.445 e. The molecule has 1 aliphatic rings. The predicted octanol–water partition coefficient (Wildman–Crippen LogP) is 4.28. The first-order chi connectivity index (χ1) is 18.4. The molecular formula is C27H44N6O4S. The molecule has 3 rings (SSSR count). The molecule has 0 bridgehead atoms. The van der Waals surface area contributed by atoms with Crippen LogP contribution in [-0.2, 0) is 27.9 Å². The van der Waals surface area contributed by atoms with Gasteiger partial charge in [0.25, 0.3) is 0 Å². The Kier molecular flexibility index (Phi) is 12.5. The summed E-state index contributed by atoms with van der Waals surface area (Å²) in [5.41, 5.74) is 0.898. The Morgan fingerprint density at radius 1 is 1.16 bits per heavy atom. The number of carbonyl (C=O) groups excluding carboxylic acids is 1. The van der Waals surface area contributed by atoms with Gasteiger partial charge >= 0.3 is 6.09 Å². The third-order valence-electron chi connectivity index (χ3n) is 7.17. The summed E-state index contributed by atoms with van der Waals surface area (Å²) in [5.74, 6) is 1.52. The Balaban J connectivity index is 1.56. The topological polar surface area (TPSA) is 129 Å². The van der Waals surface area contributed by atoms with Crippen molar-refractivity contribution in [1.82, 2.24) is 30.1 Å². The molecule has 1 atom stereocenters. The maximum atomic E-state index is 13.0. The lowest BCUT2D eigenvalue weighted by Crippen LogP contribution is -2.33. The van der Waals surface area contributed by atoms with Crippen LogP contribution >= 0.6 is 0 Å². The van der Waals surface area contributed by atoms with Crippen LogP contribution in [0.25, 0.3) is 0 Å². The van der Waals surface area contributed by atoms with Crippen LogP contribution in [0.2, 0.25) is 0 Å². The summed E-state index contributed by atoms with van der Waals surface area (Å²) in [6.45, 7) is 6.99. The molecule has 0 unspecified atom stereocenters. The van der Waals surface area contributed by atoms with Crippen molar-refractivity contribution in [3.63, 3.8) is 0 Å². The van der Waals surface area contributed by atoms with Crippen molar-refractivity contribution in [1.29, 1.82) is 0 Å². The van der Waals surface area contributed by atoms with E-state index in [4.69, 9.17) is 4.74 Å². The zero-order chi connectivity index (χ0) is 27.2. The van der Waals surface area contributed by atoms with E-state index in [0.29, 0.717) is 30.4 Å². The minimum absolute atomic E-state index is 0.0650. The number of nitrogens with zero attached hydrogens (tertiary/aromatic N) is 3. The molecule has 1 fully saturated rings. The van der Waals surface area contributed by atoms with Crippen LogP contribution in [0.1, 0.15) is 88.5 Å². The summed E-state index contributed by atoms with van der Waals surface area (Å²) >= 11 is 0. The van der Waals surface area contributed by atoms with Crippen LogP contribution in [0, 0.1) is 5.92 Å². The number of aromatic nitrogens is 3. The number of sulfonamides is 1. The second kappa shape index (κ2) is 15.8. The lowest BCUT2D eigenvalue weighted by atomic mass is 9.85. The number of benzene rings is 1. The van der Waals surface area contributed by atoms with Crippen molar-refractivity contribution in [3.8, 4) is 0 Å². The Bertz CT molecular complexity index is 1050. The number of alkyl carbamates (subject to hydrolysis) is 1. The minimum atomic E-state index is -3.50. The van der Waals surface area contributed by atoms with E-state index in [9.17, 15) is 13.2 Å². The number of hydrogen-bond acceptors (Lipinski definition) is 7. The molecule has 212 valence electrons. The molecule has 38 heavy (non-hydrogen) atoms. The monoisotopic (exact) mass is 548 g/mol. The Morgan fingerprint density at radius 3 is 2.61 bits per heavy atom. The molecule has 1 aromatic carbocycles. The summed E-state index contributed by atoms with van der Waals surface area (Å²) < 4.78 is 34.0.